The van der Waals surface area contributed by atoms with Gasteiger partial charge in [0.2, 0.25) is 0 Å². The molecule has 2 aromatic rings. The molecule has 0 aliphatic heterocycles. The lowest BCUT2D eigenvalue weighted by atomic mass is 9.70. The predicted molar refractivity (Wildman–Crippen MR) is 121 cm³/mol. The third kappa shape index (κ3) is 4.50. The SMILES string of the molecule is CC1(C)[C@H]2CC[C@]1(C)[C@H](OCc1ccc(COc3cccc(CCC(=O)O)c3)cc1)C2. The van der Waals surface area contributed by atoms with Gasteiger partial charge < -0.3 is 14.6 Å². The van der Waals surface area contributed by atoms with Crippen LogP contribution in [-0.4, -0.2) is 17.2 Å². The smallest absolute Gasteiger partial charge is 0.303 e. The van der Waals surface area contributed by atoms with Gasteiger partial charge in [-0.05, 0) is 71.3 Å². The van der Waals surface area contributed by atoms with Crippen molar-refractivity contribution in [2.45, 2.75) is 72.2 Å². The number of aryl methyl sites for hydroxylation is 1. The summed E-state index contributed by atoms with van der Waals surface area (Å²) in [5.41, 5.74) is 3.95. The fraction of sp³-hybridized carbons (Fsp3) is 0.519. The molecule has 2 fully saturated rings. The van der Waals surface area contributed by atoms with E-state index in [1.165, 1.54) is 24.8 Å². The number of carboxylic acid groups (broad SMARTS) is 1. The van der Waals surface area contributed by atoms with E-state index in [2.05, 4.69) is 45.0 Å². The van der Waals surface area contributed by atoms with Crippen LogP contribution in [0, 0.1) is 16.7 Å². The molecule has 2 aliphatic rings. The van der Waals surface area contributed by atoms with Crippen molar-refractivity contribution in [1.29, 1.82) is 0 Å². The normalized spacial score (nSPS) is 26.2. The van der Waals surface area contributed by atoms with E-state index >= 15 is 0 Å². The summed E-state index contributed by atoms with van der Waals surface area (Å²) in [5.74, 6) is 0.778. The van der Waals surface area contributed by atoms with Gasteiger partial charge in [0.25, 0.3) is 0 Å². The van der Waals surface area contributed by atoms with E-state index in [0.717, 1.165) is 22.8 Å². The Kier molecular flexibility index (Phi) is 6.11. The lowest BCUT2D eigenvalue weighted by Gasteiger charge is -2.38. The average Bonchev–Trinajstić information content (AvgIpc) is 3.09. The molecule has 31 heavy (non-hydrogen) atoms. The van der Waals surface area contributed by atoms with E-state index in [4.69, 9.17) is 14.6 Å². The highest BCUT2D eigenvalue weighted by molar-refractivity contribution is 5.67. The zero-order chi connectivity index (χ0) is 22.1. The van der Waals surface area contributed by atoms with E-state index in [-0.39, 0.29) is 6.42 Å². The second-order valence-electron chi connectivity index (χ2n) is 10.1. The Morgan fingerprint density at radius 3 is 2.35 bits per heavy atom. The number of hydrogen-bond donors (Lipinski definition) is 1. The molecule has 0 unspecified atom stereocenters. The quantitative estimate of drug-likeness (QED) is 0.537. The fourth-order valence-corrected chi connectivity index (χ4v) is 5.52. The monoisotopic (exact) mass is 422 g/mol. The highest BCUT2D eigenvalue weighted by Crippen LogP contribution is 2.66. The Hall–Kier alpha value is -2.33. The number of hydrogen-bond acceptors (Lipinski definition) is 3. The molecular formula is C27H34O4. The lowest BCUT2D eigenvalue weighted by Crippen LogP contribution is -2.37. The largest absolute Gasteiger partial charge is 0.489 e. The van der Waals surface area contributed by atoms with Crippen molar-refractivity contribution in [2.75, 3.05) is 0 Å². The number of ether oxygens (including phenoxy) is 2. The number of carboxylic acids is 1. The Morgan fingerprint density at radius 1 is 1.03 bits per heavy atom. The summed E-state index contributed by atoms with van der Waals surface area (Å²) < 4.78 is 12.3. The van der Waals surface area contributed by atoms with Gasteiger partial charge in [0.05, 0.1) is 12.7 Å². The van der Waals surface area contributed by atoms with Crippen LogP contribution in [0.2, 0.25) is 0 Å². The van der Waals surface area contributed by atoms with Crippen LogP contribution in [0.15, 0.2) is 48.5 Å². The first kappa shape index (κ1) is 21.9. The molecule has 0 amide bonds. The van der Waals surface area contributed by atoms with Crippen molar-refractivity contribution in [3.05, 3.63) is 65.2 Å². The molecule has 4 rings (SSSR count). The van der Waals surface area contributed by atoms with Crippen LogP contribution in [0.25, 0.3) is 0 Å². The summed E-state index contributed by atoms with van der Waals surface area (Å²) in [6.45, 7) is 8.41. The summed E-state index contributed by atoms with van der Waals surface area (Å²) in [6, 6.07) is 16.1. The molecule has 2 saturated carbocycles. The summed E-state index contributed by atoms with van der Waals surface area (Å²) in [6.07, 6.45) is 4.83. The van der Waals surface area contributed by atoms with Crippen LogP contribution < -0.4 is 4.74 Å². The molecule has 0 heterocycles. The number of carbonyl (C=O) groups is 1. The third-order valence-electron chi connectivity index (χ3n) is 8.12. The first-order valence-corrected chi connectivity index (χ1v) is 11.4. The van der Waals surface area contributed by atoms with Crippen LogP contribution in [0.3, 0.4) is 0 Å². The minimum absolute atomic E-state index is 0.130. The highest BCUT2D eigenvalue weighted by atomic mass is 16.5. The zero-order valence-electron chi connectivity index (χ0n) is 18.9. The van der Waals surface area contributed by atoms with Gasteiger partial charge in [0.15, 0.2) is 0 Å². The molecule has 0 radical (unpaired) electrons. The van der Waals surface area contributed by atoms with E-state index < -0.39 is 5.97 Å². The number of benzene rings is 2. The fourth-order valence-electron chi connectivity index (χ4n) is 5.52. The van der Waals surface area contributed by atoms with E-state index in [1.54, 1.807) is 0 Å². The standard InChI is InChI=1S/C27H34O4/c1-26(2)22-13-14-27(26,3)24(16-22)31-18-21-9-7-20(8-10-21)17-30-23-6-4-5-19(15-23)11-12-25(28)29/h4-10,15,22,24H,11-14,16-18H2,1-3H3,(H,28,29)/t22-,24+,27+/m0/s1. The molecule has 0 spiro atoms. The third-order valence-corrected chi connectivity index (χ3v) is 8.12. The number of rotatable bonds is 9. The second-order valence-corrected chi connectivity index (χ2v) is 10.1. The lowest BCUT2D eigenvalue weighted by molar-refractivity contribution is -0.136. The predicted octanol–water partition coefficient (Wildman–Crippen LogP) is 6.01. The Morgan fingerprint density at radius 2 is 1.74 bits per heavy atom. The number of fused-ring (bicyclic) bond motifs is 2. The molecular weight excluding hydrogens is 388 g/mol. The van der Waals surface area contributed by atoms with Gasteiger partial charge in [-0.1, -0.05) is 57.2 Å². The van der Waals surface area contributed by atoms with Crippen LogP contribution in [-0.2, 0) is 29.2 Å². The molecule has 0 aromatic heterocycles. The maximum absolute atomic E-state index is 10.8. The van der Waals surface area contributed by atoms with Crippen molar-refractivity contribution in [2.24, 2.45) is 16.7 Å². The van der Waals surface area contributed by atoms with E-state index in [0.29, 0.717) is 36.6 Å². The van der Waals surface area contributed by atoms with Crippen molar-refractivity contribution in [3.8, 4) is 5.75 Å². The van der Waals surface area contributed by atoms with Gasteiger partial charge in [-0.15, -0.1) is 0 Å². The minimum atomic E-state index is -0.784. The molecule has 2 bridgehead atoms. The summed E-state index contributed by atoms with van der Waals surface area (Å²) >= 11 is 0. The summed E-state index contributed by atoms with van der Waals surface area (Å²) in [7, 11) is 0. The van der Waals surface area contributed by atoms with E-state index in [9.17, 15) is 4.79 Å². The van der Waals surface area contributed by atoms with Gasteiger partial charge in [-0.2, -0.15) is 0 Å². The van der Waals surface area contributed by atoms with Crippen LogP contribution in [0.1, 0.15) is 63.1 Å². The zero-order valence-corrected chi connectivity index (χ0v) is 18.9. The topological polar surface area (TPSA) is 55.8 Å². The maximum Gasteiger partial charge on any atom is 0.303 e. The van der Waals surface area contributed by atoms with Gasteiger partial charge in [0, 0.05) is 6.42 Å². The molecule has 2 aliphatic carbocycles. The minimum Gasteiger partial charge on any atom is -0.489 e. The van der Waals surface area contributed by atoms with Gasteiger partial charge in [-0.3, -0.25) is 4.79 Å². The van der Waals surface area contributed by atoms with Crippen molar-refractivity contribution >= 4 is 5.97 Å². The summed E-state index contributed by atoms with van der Waals surface area (Å²) in [5, 5.41) is 8.84. The first-order valence-electron chi connectivity index (χ1n) is 11.4. The van der Waals surface area contributed by atoms with Crippen molar-refractivity contribution < 1.29 is 19.4 Å². The van der Waals surface area contributed by atoms with Gasteiger partial charge in [0.1, 0.15) is 12.4 Å². The van der Waals surface area contributed by atoms with Crippen LogP contribution in [0.5, 0.6) is 5.75 Å². The molecule has 2 aromatic carbocycles. The van der Waals surface area contributed by atoms with Gasteiger partial charge >= 0.3 is 5.97 Å². The van der Waals surface area contributed by atoms with Crippen LogP contribution in [0.4, 0.5) is 0 Å². The molecule has 4 heteroatoms. The molecule has 166 valence electrons. The molecule has 4 nitrogen and oxygen atoms in total. The van der Waals surface area contributed by atoms with Gasteiger partial charge in [-0.25, -0.2) is 0 Å². The summed E-state index contributed by atoms with van der Waals surface area (Å²) in [4.78, 5) is 10.8. The average molecular weight is 423 g/mol. The molecule has 1 N–H and O–H groups in total. The van der Waals surface area contributed by atoms with Crippen LogP contribution >= 0.6 is 0 Å². The number of aliphatic carboxylic acids is 1. The second kappa shape index (κ2) is 8.66. The highest BCUT2D eigenvalue weighted by Gasteiger charge is 2.61. The Balaban J connectivity index is 1.27. The molecule has 0 saturated heterocycles. The van der Waals surface area contributed by atoms with Crippen molar-refractivity contribution in [3.63, 3.8) is 0 Å². The maximum atomic E-state index is 10.8. The Bertz CT molecular complexity index is 917. The van der Waals surface area contributed by atoms with E-state index in [1.807, 2.05) is 24.3 Å². The molecule has 3 atom stereocenters. The van der Waals surface area contributed by atoms with Crippen molar-refractivity contribution in [1.82, 2.24) is 0 Å². The first-order chi connectivity index (χ1) is 14.8. The Labute approximate surface area is 185 Å².